The first-order valence-electron chi connectivity index (χ1n) is 8.19. The van der Waals surface area contributed by atoms with Crippen LogP contribution in [0.2, 0.25) is 0 Å². The number of amides is 1. The van der Waals surface area contributed by atoms with Gasteiger partial charge in [-0.3, -0.25) is 4.79 Å². The van der Waals surface area contributed by atoms with E-state index in [1.54, 1.807) is 6.26 Å². The van der Waals surface area contributed by atoms with E-state index in [4.69, 9.17) is 4.42 Å². The lowest BCUT2D eigenvalue weighted by Gasteiger charge is -2.22. The van der Waals surface area contributed by atoms with Crippen molar-refractivity contribution in [3.8, 4) is 0 Å². The first kappa shape index (κ1) is 16.1. The van der Waals surface area contributed by atoms with Crippen LogP contribution in [0.25, 0.3) is 0 Å². The summed E-state index contributed by atoms with van der Waals surface area (Å²) < 4.78 is 5.42. The highest BCUT2D eigenvalue weighted by Crippen LogP contribution is 2.11. The zero-order chi connectivity index (χ0) is 16.6. The molecule has 0 saturated carbocycles. The molecular formula is C21H21NO2. The normalized spacial score (nSPS) is 10.5. The van der Waals surface area contributed by atoms with Gasteiger partial charge in [0.15, 0.2) is 0 Å². The molecule has 3 heteroatoms. The zero-order valence-corrected chi connectivity index (χ0v) is 13.6. The van der Waals surface area contributed by atoms with E-state index in [0.29, 0.717) is 19.5 Å². The summed E-state index contributed by atoms with van der Waals surface area (Å²) in [6.07, 6.45) is 2.89. The van der Waals surface area contributed by atoms with Gasteiger partial charge in [0.1, 0.15) is 5.76 Å². The minimum absolute atomic E-state index is 0.119. The van der Waals surface area contributed by atoms with Gasteiger partial charge in [0.2, 0.25) is 5.91 Å². The summed E-state index contributed by atoms with van der Waals surface area (Å²) in [6, 6.07) is 23.9. The van der Waals surface area contributed by atoms with E-state index in [-0.39, 0.29) is 5.91 Å². The molecule has 122 valence electrons. The Labute approximate surface area is 142 Å². The molecule has 24 heavy (non-hydrogen) atoms. The highest BCUT2D eigenvalue weighted by Gasteiger charge is 2.15. The van der Waals surface area contributed by atoms with Gasteiger partial charge in [0.05, 0.1) is 19.2 Å². The molecule has 0 saturated heterocycles. The number of benzene rings is 2. The van der Waals surface area contributed by atoms with Crippen molar-refractivity contribution in [2.45, 2.75) is 19.4 Å². The summed E-state index contributed by atoms with van der Waals surface area (Å²) in [4.78, 5) is 14.6. The molecule has 1 amide bonds. The van der Waals surface area contributed by atoms with Gasteiger partial charge in [-0.15, -0.1) is 0 Å². The molecule has 0 radical (unpaired) electrons. The summed E-state index contributed by atoms with van der Waals surface area (Å²) in [7, 11) is 0. The summed E-state index contributed by atoms with van der Waals surface area (Å²) in [6.45, 7) is 1.18. The fourth-order valence-corrected chi connectivity index (χ4v) is 2.67. The highest BCUT2D eigenvalue weighted by atomic mass is 16.3. The zero-order valence-electron chi connectivity index (χ0n) is 13.6. The van der Waals surface area contributed by atoms with Crippen LogP contribution in [0.15, 0.2) is 83.5 Å². The van der Waals surface area contributed by atoms with E-state index in [1.807, 2.05) is 65.6 Å². The van der Waals surface area contributed by atoms with Gasteiger partial charge in [-0.05, 0) is 29.7 Å². The number of nitrogens with zero attached hydrogens (tertiary/aromatic N) is 1. The monoisotopic (exact) mass is 319 g/mol. The third-order valence-corrected chi connectivity index (χ3v) is 3.99. The van der Waals surface area contributed by atoms with E-state index in [1.165, 1.54) is 5.56 Å². The SMILES string of the molecule is O=C(Cc1ccccc1)N(CCc1ccccc1)Cc1ccco1. The summed E-state index contributed by atoms with van der Waals surface area (Å²) in [5, 5.41) is 0. The molecule has 0 aliphatic heterocycles. The molecular weight excluding hydrogens is 298 g/mol. The minimum atomic E-state index is 0.119. The summed E-state index contributed by atoms with van der Waals surface area (Å²) in [5.41, 5.74) is 2.26. The second kappa shape index (κ2) is 8.16. The Balaban J connectivity index is 1.67. The molecule has 0 bridgehead atoms. The molecule has 1 heterocycles. The molecule has 0 aliphatic carbocycles. The largest absolute Gasteiger partial charge is 0.467 e. The van der Waals surface area contributed by atoms with E-state index in [2.05, 4.69) is 12.1 Å². The third-order valence-electron chi connectivity index (χ3n) is 3.99. The molecule has 0 N–H and O–H groups in total. The Morgan fingerprint density at radius 3 is 2.12 bits per heavy atom. The van der Waals surface area contributed by atoms with Gasteiger partial charge in [0.25, 0.3) is 0 Å². The number of hydrogen-bond acceptors (Lipinski definition) is 2. The standard InChI is InChI=1S/C21H21NO2/c23-21(16-19-10-5-2-6-11-19)22(17-20-12-7-15-24-20)14-13-18-8-3-1-4-9-18/h1-12,15H,13-14,16-17H2. The molecule has 0 spiro atoms. The van der Waals surface area contributed by atoms with Crippen molar-refractivity contribution in [1.82, 2.24) is 4.90 Å². The van der Waals surface area contributed by atoms with Crippen LogP contribution in [-0.2, 0) is 24.2 Å². The highest BCUT2D eigenvalue weighted by molar-refractivity contribution is 5.78. The topological polar surface area (TPSA) is 33.5 Å². The van der Waals surface area contributed by atoms with Crippen molar-refractivity contribution in [1.29, 1.82) is 0 Å². The average Bonchev–Trinajstić information content (AvgIpc) is 3.13. The van der Waals surface area contributed by atoms with E-state index >= 15 is 0 Å². The number of carbonyl (C=O) groups is 1. The lowest BCUT2D eigenvalue weighted by Crippen LogP contribution is -2.33. The third kappa shape index (κ3) is 4.59. The number of rotatable bonds is 7. The second-order valence-corrected chi connectivity index (χ2v) is 5.79. The Morgan fingerprint density at radius 1 is 0.833 bits per heavy atom. The molecule has 3 rings (SSSR count). The Morgan fingerprint density at radius 2 is 1.50 bits per heavy atom. The van der Waals surface area contributed by atoms with Gasteiger partial charge < -0.3 is 9.32 Å². The van der Waals surface area contributed by atoms with Crippen molar-refractivity contribution >= 4 is 5.91 Å². The number of furan rings is 1. The lowest BCUT2D eigenvalue weighted by atomic mass is 10.1. The second-order valence-electron chi connectivity index (χ2n) is 5.79. The van der Waals surface area contributed by atoms with Crippen molar-refractivity contribution in [3.63, 3.8) is 0 Å². The molecule has 3 aromatic rings. The minimum Gasteiger partial charge on any atom is -0.467 e. The lowest BCUT2D eigenvalue weighted by molar-refractivity contribution is -0.131. The predicted octanol–water partition coefficient (Wildman–Crippen LogP) is 4.09. The average molecular weight is 319 g/mol. The van der Waals surface area contributed by atoms with Crippen LogP contribution >= 0.6 is 0 Å². The number of carbonyl (C=O) groups excluding carboxylic acids is 1. The van der Waals surface area contributed by atoms with Gasteiger partial charge in [-0.25, -0.2) is 0 Å². The summed E-state index contributed by atoms with van der Waals surface area (Å²) in [5.74, 6) is 0.929. The van der Waals surface area contributed by atoms with Crippen LogP contribution in [-0.4, -0.2) is 17.4 Å². The summed E-state index contributed by atoms with van der Waals surface area (Å²) >= 11 is 0. The van der Waals surface area contributed by atoms with Crippen LogP contribution in [0.4, 0.5) is 0 Å². The Bertz CT molecular complexity index is 736. The van der Waals surface area contributed by atoms with Gasteiger partial charge >= 0.3 is 0 Å². The quantitative estimate of drug-likeness (QED) is 0.657. The Kier molecular flexibility index (Phi) is 5.46. The molecule has 0 atom stereocenters. The maximum absolute atomic E-state index is 12.7. The van der Waals surface area contributed by atoms with Gasteiger partial charge in [0, 0.05) is 6.54 Å². The molecule has 3 nitrogen and oxygen atoms in total. The van der Waals surface area contributed by atoms with Crippen molar-refractivity contribution in [2.75, 3.05) is 6.54 Å². The van der Waals surface area contributed by atoms with E-state index < -0.39 is 0 Å². The van der Waals surface area contributed by atoms with Gasteiger partial charge in [-0.1, -0.05) is 60.7 Å². The van der Waals surface area contributed by atoms with Crippen LogP contribution in [0.3, 0.4) is 0 Å². The maximum Gasteiger partial charge on any atom is 0.227 e. The van der Waals surface area contributed by atoms with E-state index in [9.17, 15) is 4.79 Å². The van der Waals surface area contributed by atoms with Crippen LogP contribution in [0.1, 0.15) is 16.9 Å². The first-order chi connectivity index (χ1) is 11.8. The van der Waals surface area contributed by atoms with Crippen LogP contribution in [0.5, 0.6) is 0 Å². The predicted molar refractivity (Wildman–Crippen MR) is 94.4 cm³/mol. The van der Waals surface area contributed by atoms with Crippen LogP contribution in [0, 0.1) is 0 Å². The fraction of sp³-hybridized carbons (Fsp3) is 0.190. The van der Waals surface area contributed by atoms with Gasteiger partial charge in [-0.2, -0.15) is 0 Å². The first-order valence-corrected chi connectivity index (χ1v) is 8.19. The van der Waals surface area contributed by atoms with Crippen molar-refractivity contribution in [2.24, 2.45) is 0 Å². The molecule has 0 aliphatic rings. The fourth-order valence-electron chi connectivity index (χ4n) is 2.67. The molecule has 0 fully saturated rings. The smallest absolute Gasteiger partial charge is 0.227 e. The number of hydrogen-bond donors (Lipinski definition) is 0. The van der Waals surface area contributed by atoms with Crippen molar-refractivity contribution in [3.05, 3.63) is 95.9 Å². The Hall–Kier alpha value is -2.81. The van der Waals surface area contributed by atoms with Crippen molar-refractivity contribution < 1.29 is 9.21 Å². The van der Waals surface area contributed by atoms with Crippen LogP contribution < -0.4 is 0 Å². The molecule has 1 aromatic heterocycles. The molecule has 0 unspecified atom stereocenters. The van der Waals surface area contributed by atoms with E-state index in [0.717, 1.165) is 17.7 Å². The maximum atomic E-state index is 12.7. The molecule has 2 aromatic carbocycles.